The Hall–Kier alpha value is -2.25. The van der Waals surface area contributed by atoms with Crippen LogP contribution in [-0.2, 0) is 14.8 Å². The van der Waals surface area contributed by atoms with E-state index in [4.69, 9.17) is 0 Å². The number of halogens is 1. The number of carbonyl (C=O) groups excluding carboxylic acids is 1. The minimum atomic E-state index is -3.88. The molecule has 1 N–H and O–H groups in total. The van der Waals surface area contributed by atoms with Crippen LogP contribution in [0.15, 0.2) is 47.4 Å². The first-order valence-electron chi connectivity index (χ1n) is 7.94. The Kier molecular flexibility index (Phi) is 4.62. The second kappa shape index (κ2) is 6.57. The number of hydrogen-bond donors (Lipinski definition) is 1. The van der Waals surface area contributed by atoms with E-state index in [0.717, 1.165) is 28.9 Å². The zero-order valence-electron chi connectivity index (χ0n) is 14.0. The van der Waals surface area contributed by atoms with Crippen LogP contribution < -0.4 is 9.62 Å². The monoisotopic (exact) mass is 362 g/mol. The van der Waals surface area contributed by atoms with Crippen LogP contribution in [0.4, 0.5) is 10.1 Å². The SMILES string of the molecule is Cc1cc(C)cc(N2CCC(NS(=O)(=O)c3ccc(F)cc3)C2=O)c1. The summed E-state index contributed by atoms with van der Waals surface area (Å²) in [5.41, 5.74) is 2.85. The lowest BCUT2D eigenvalue weighted by molar-refractivity contribution is -0.118. The first kappa shape index (κ1) is 17.6. The van der Waals surface area contributed by atoms with E-state index < -0.39 is 21.9 Å². The normalized spacial score (nSPS) is 18.0. The molecule has 1 amide bonds. The molecule has 25 heavy (non-hydrogen) atoms. The van der Waals surface area contributed by atoms with Gasteiger partial charge in [0.25, 0.3) is 0 Å². The molecule has 1 aliphatic heterocycles. The molecule has 0 bridgehead atoms. The molecule has 7 heteroatoms. The van der Waals surface area contributed by atoms with Gasteiger partial charge in [0.15, 0.2) is 0 Å². The number of anilines is 1. The Morgan fingerprint density at radius 2 is 1.68 bits per heavy atom. The number of sulfonamides is 1. The Morgan fingerprint density at radius 3 is 2.28 bits per heavy atom. The molecule has 0 aromatic heterocycles. The van der Waals surface area contributed by atoms with Gasteiger partial charge in [-0.15, -0.1) is 0 Å². The van der Waals surface area contributed by atoms with Crippen molar-refractivity contribution in [3.63, 3.8) is 0 Å². The van der Waals surface area contributed by atoms with E-state index >= 15 is 0 Å². The summed E-state index contributed by atoms with van der Waals surface area (Å²) in [6.45, 7) is 4.34. The fourth-order valence-corrected chi connectivity index (χ4v) is 4.24. The van der Waals surface area contributed by atoms with Crippen LogP contribution in [0.25, 0.3) is 0 Å². The highest BCUT2D eigenvalue weighted by atomic mass is 32.2. The molecule has 1 heterocycles. The van der Waals surface area contributed by atoms with Gasteiger partial charge in [0, 0.05) is 12.2 Å². The van der Waals surface area contributed by atoms with Gasteiger partial charge in [-0.1, -0.05) is 6.07 Å². The van der Waals surface area contributed by atoms with E-state index in [0.29, 0.717) is 13.0 Å². The third kappa shape index (κ3) is 3.72. The molecular weight excluding hydrogens is 343 g/mol. The molecule has 2 aromatic rings. The second-order valence-corrected chi connectivity index (χ2v) is 7.97. The molecule has 5 nitrogen and oxygen atoms in total. The molecule has 3 rings (SSSR count). The van der Waals surface area contributed by atoms with Gasteiger partial charge in [0.2, 0.25) is 15.9 Å². The first-order valence-corrected chi connectivity index (χ1v) is 9.42. The van der Waals surface area contributed by atoms with Crippen molar-refractivity contribution in [1.82, 2.24) is 4.72 Å². The van der Waals surface area contributed by atoms with Gasteiger partial charge in [-0.25, -0.2) is 12.8 Å². The molecule has 0 radical (unpaired) electrons. The van der Waals surface area contributed by atoms with E-state index in [9.17, 15) is 17.6 Å². The standard InChI is InChI=1S/C18H19FN2O3S/c1-12-9-13(2)11-15(10-12)21-8-7-17(18(21)22)20-25(23,24)16-5-3-14(19)4-6-16/h3-6,9-11,17,20H,7-8H2,1-2H3. The van der Waals surface area contributed by atoms with Crippen LogP contribution in [0.1, 0.15) is 17.5 Å². The number of benzene rings is 2. The van der Waals surface area contributed by atoms with Gasteiger partial charge in [0.05, 0.1) is 4.90 Å². The van der Waals surface area contributed by atoms with Crippen molar-refractivity contribution < 1.29 is 17.6 Å². The third-order valence-corrected chi connectivity index (χ3v) is 5.63. The number of rotatable bonds is 4. The van der Waals surface area contributed by atoms with Gasteiger partial charge < -0.3 is 4.90 Å². The van der Waals surface area contributed by atoms with E-state index in [2.05, 4.69) is 4.72 Å². The smallest absolute Gasteiger partial charge is 0.245 e. The molecule has 0 aliphatic carbocycles. The summed E-state index contributed by atoms with van der Waals surface area (Å²) in [4.78, 5) is 14.2. The number of amides is 1. The number of nitrogens with zero attached hydrogens (tertiary/aromatic N) is 1. The van der Waals surface area contributed by atoms with Crippen LogP contribution in [0.5, 0.6) is 0 Å². The molecule has 1 aliphatic rings. The van der Waals surface area contributed by atoms with Crippen molar-refractivity contribution in [2.75, 3.05) is 11.4 Å². The van der Waals surface area contributed by atoms with E-state index in [1.54, 1.807) is 4.90 Å². The van der Waals surface area contributed by atoms with Crippen LogP contribution in [0.2, 0.25) is 0 Å². The van der Waals surface area contributed by atoms with Crippen molar-refractivity contribution in [2.24, 2.45) is 0 Å². The molecule has 132 valence electrons. The number of hydrogen-bond acceptors (Lipinski definition) is 3. The summed E-state index contributed by atoms with van der Waals surface area (Å²) in [6.07, 6.45) is 0.381. The Bertz CT molecular complexity index is 890. The van der Waals surface area contributed by atoms with Crippen LogP contribution >= 0.6 is 0 Å². The maximum atomic E-state index is 13.0. The van der Waals surface area contributed by atoms with Crippen molar-refractivity contribution in [3.8, 4) is 0 Å². The summed E-state index contributed by atoms with van der Waals surface area (Å²) < 4.78 is 40.2. The second-order valence-electron chi connectivity index (χ2n) is 6.25. The van der Waals surface area contributed by atoms with E-state index in [1.165, 1.54) is 12.1 Å². The summed E-state index contributed by atoms with van der Waals surface area (Å²) in [5.74, 6) is -0.799. The van der Waals surface area contributed by atoms with Gasteiger partial charge in [-0.3, -0.25) is 4.79 Å². The fraction of sp³-hybridized carbons (Fsp3) is 0.278. The molecule has 1 fully saturated rings. The largest absolute Gasteiger partial charge is 0.311 e. The predicted molar refractivity (Wildman–Crippen MR) is 93.4 cm³/mol. The number of nitrogens with one attached hydrogen (secondary N) is 1. The van der Waals surface area contributed by atoms with Crippen molar-refractivity contribution >= 4 is 21.6 Å². The lowest BCUT2D eigenvalue weighted by atomic mass is 10.1. The van der Waals surface area contributed by atoms with Gasteiger partial charge in [-0.05, 0) is 67.8 Å². The first-order chi connectivity index (χ1) is 11.8. The lowest BCUT2D eigenvalue weighted by Gasteiger charge is -2.18. The highest BCUT2D eigenvalue weighted by Crippen LogP contribution is 2.25. The zero-order valence-corrected chi connectivity index (χ0v) is 14.8. The molecule has 1 saturated heterocycles. The average molecular weight is 362 g/mol. The quantitative estimate of drug-likeness (QED) is 0.909. The lowest BCUT2D eigenvalue weighted by Crippen LogP contribution is -2.41. The Morgan fingerprint density at radius 1 is 1.08 bits per heavy atom. The number of carbonyl (C=O) groups is 1. The molecule has 1 unspecified atom stereocenters. The van der Waals surface area contributed by atoms with Crippen molar-refractivity contribution in [3.05, 3.63) is 59.4 Å². The zero-order chi connectivity index (χ0) is 18.2. The van der Waals surface area contributed by atoms with E-state index in [1.807, 2.05) is 32.0 Å². The highest BCUT2D eigenvalue weighted by Gasteiger charge is 2.35. The Labute approximate surface area is 146 Å². The minimum Gasteiger partial charge on any atom is -0.311 e. The van der Waals surface area contributed by atoms with Gasteiger partial charge in [-0.2, -0.15) is 4.72 Å². The van der Waals surface area contributed by atoms with Gasteiger partial charge >= 0.3 is 0 Å². The summed E-state index contributed by atoms with van der Waals surface area (Å²) in [6, 6.07) is 9.51. The predicted octanol–water partition coefficient (Wildman–Crippen LogP) is 2.53. The van der Waals surface area contributed by atoms with Gasteiger partial charge in [0.1, 0.15) is 11.9 Å². The highest BCUT2D eigenvalue weighted by molar-refractivity contribution is 7.89. The third-order valence-electron chi connectivity index (χ3n) is 4.14. The average Bonchev–Trinajstić information content (AvgIpc) is 2.87. The molecule has 0 spiro atoms. The summed E-state index contributed by atoms with van der Waals surface area (Å²) >= 11 is 0. The molecule has 2 aromatic carbocycles. The fourth-order valence-electron chi connectivity index (χ4n) is 3.02. The van der Waals surface area contributed by atoms with E-state index in [-0.39, 0.29) is 10.8 Å². The van der Waals surface area contributed by atoms with Crippen molar-refractivity contribution in [2.45, 2.75) is 31.2 Å². The summed E-state index contributed by atoms with van der Waals surface area (Å²) in [7, 11) is -3.88. The summed E-state index contributed by atoms with van der Waals surface area (Å²) in [5, 5.41) is 0. The maximum absolute atomic E-state index is 13.0. The number of aryl methyl sites for hydroxylation is 2. The minimum absolute atomic E-state index is 0.0634. The van der Waals surface area contributed by atoms with Crippen molar-refractivity contribution in [1.29, 1.82) is 0 Å². The molecule has 0 saturated carbocycles. The maximum Gasteiger partial charge on any atom is 0.245 e. The van der Waals surface area contributed by atoms with Crippen LogP contribution in [-0.4, -0.2) is 26.9 Å². The molecule has 1 atom stereocenters. The van der Waals surface area contributed by atoms with Crippen LogP contribution in [0.3, 0.4) is 0 Å². The topological polar surface area (TPSA) is 66.5 Å². The Balaban J connectivity index is 1.79. The van der Waals surface area contributed by atoms with Crippen LogP contribution in [0, 0.1) is 19.7 Å². The molecular formula is C18H19FN2O3S.